The van der Waals surface area contributed by atoms with E-state index >= 15 is 0 Å². The number of hydrogen-bond donors (Lipinski definition) is 1. The molecule has 104 valence electrons. The minimum atomic E-state index is 0.594. The second-order valence-electron chi connectivity index (χ2n) is 6.69. The van der Waals surface area contributed by atoms with E-state index in [-0.39, 0.29) is 0 Å². The van der Waals surface area contributed by atoms with Crippen molar-refractivity contribution >= 4 is 0 Å². The summed E-state index contributed by atoms with van der Waals surface area (Å²) in [6.45, 7) is 4.59. The summed E-state index contributed by atoms with van der Waals surface area (Å²) in [6.07, 6.45) is 10.1. The van der Waals surface area contributed by atoms with E-state index in [4.69, 9.17) is 0 Å². The van der Waals surface area contributed by atoms with Crippen LogP contribution in [0.2, 0.25) is 0 Å². The lowest BCUT2D eigenvalue weighted by molar-refractivity contribution is 0.136. The van der Waals surface area contributed by atoms with Gasteiger partial charge in [-0.2, -0.15) is 0 Å². The zero-order valence-corrected chi connectivity index (χ0v) is 12.3. The number of piperidine rings is 1. The van der Waals surface area contributed by atoms with Gasteiger partial charge in [-0.25, -0.2) is 0 Å². The molecular weight excluding hydrogens is 230 g/mol. The molecule has 1 aliphatic heterocycles. The van der Waals surface area contributed by atoms with Gasteiger partial charge in [0.2, 0.25) is 0 Å². The Labute approximate surface area is 117 Å². The van der Waals surface area contributed by atoms with Crippen molar-refractivity contribution in [1.29, 1.82) is 0 Å². The molecule has 2 aliphatic rings. The monoisotopic (exact) mass is 257 g/mol. The van der Waals surface area contributed by atoms with E-state index in [2.05, 4.69) is 36.5 Å². The summed E-state index contributed by atoms with van der Waals surface area (Å²) in [5.74, 6) is 0.736. The van der Waals surface area contributed by atoms with Crippen LogP contribution < -0.4 is 5.32 Å². The van der Waals surface area contributed by atoms with E-state index in [0.717, 1.165) is 5.92 Å². The Morgan fingerprint density at radius 3 is 2.32 bits per heavy atom. The van der Waals surface area contributed by atoms with Crippen LogP contribution >= 0.6 is 0 Å². The average molecular weight is 257 g/mol. The molecule has 1 nitrogen and oxygen atoms in total. The Balaban J connectivity index is 1.89. The topological polar surface area (TPSA) is 12.0 Å². The smallest absolute Gasteiger partial charge is 0.00255 e. The van der Waals surface area contributed by atoms with Crippen LogP contribution in [0.4, 0.5) is 0 Å². The first-order valence-corrected chi connectivity index (χ1v) is 8.07. The fourth-order valence-electron chi connectivity index (χ4n) is 4.28. The van der Waals surface area contributed by atoms with Crippen molar-refractivity contribution in [2.45, 2.75) is 57.8 Å². The average Bonchev–Trinajstić information content (AvgIpc) is 2.67. The summed E-state index contributed by atoms with van der Waals surface area (Å²) in [7, 11) is 0. The van der Waals surface area contributed by atoms with Crippen molar-refractivity contribution in [2.24, 2.45) is 5.41 Å². The van der Waals surface area contributed by atoms with Crippen LogP contribution in [0.15, 0.2) is 24.3 Å². The molecule has 0 amide bonds. The molecule has 19 heavy (non-hydrogen) atoms. The van der Waals surface area contributed by atoms with Crippen molar-refractivity contribution < 1.29 is 0 Å². The number of nitrogens with one attached hydrogen (secondary N) is 1. The third-order valence-electron chi connectivity index (χ3n) is 5.47. The van der Waals surface area contributed by atoms with Crippen molar-refractivity contribution in [2.75, 3.05) is 13.1 Å². The third kappa shape index (κ3) is 2.72. The van der Waals surface area contributed by atoms with Gasteiger partial charge in [-0.15, -0.1) is 0 Å². The number of rotatable bonds is 1. The molecule has 1 aromatic rings. The molecule has 1 saturated heterocycles. The molecule has 1 unspecified atom stereocenters. The van der Waals surface area contributed by atoms with Crippen molar-refractivity contribution in [3.8, 4) is 0 Å². The van der Waals surface area contributed by atoms with E-state index < -0.39 is 0 Å². The first-order valence-electron chi connectivity index (χ1n) is 8.07. The molecule has 0 radical (unpaired) electrons. The Bertz CT molecular complexity index is 398. The number of aryl methyl sites for hydroxylation is 1. The maximum atomic E-state index is 3.64. The second-order valence-corrected chi connectivity index (χ2v) is 6.69. The molecule has 2 fully saturated rings. The highest BCUT2D eigenvalue weighted by atomic mass is 14.9. The lowest BCUT2D eigenvalue weighted by Crippen LogP contribution is -2.43. The zero-order valence-electron chi connectivity index (χ0n) is 12.3. The summed E-state index contributed by atoms with van der Waals surface area (Å²) in [5, 5.41) is 3.64. The summed E-state index contributed by atoms with van der Waals surface area (Å²) in [5.41, 5.74) is 3.54. The van der Waals surface area contributed by atoms with Gasteiger partial charge in [-0.05, 0) is 43.7 Å². The molecule has 1 aromatic carbocycles. The van der Waals surface area contributed by atoms with Gasteiger partial charge in [0, 0.05) is 12.5 Å². The fourth-order valence-corrected chi connectivity index (χ4v) is 4.28. The molecule has 0 bridgehead atoms. The van der Waals surface area contributed by atoms with Crippen LogP contribution in [0.5, 0.6) is 0 Å². The van der Waals surface area contributed by atoms with Crippen molar-refractivity contribution in [3.63, 3.8) is 0 Å². The van der Waals surface area contributed by atoms with Gasteiger partial charge in [0.05, 0.1) is 0 Å². The Morgan fingerprint density at radius 1 is 0.947 bits per heavy atom. The van der Waals surface area contributed by atoms with Gasteiger partial charge in [-0.3, -0.25) is 0 Å². The van der Waals surface area contributed by atoms with E-state index in [9.17, 15) is 0 Å². The summed E-state index contributed by atoms with van der Waals surface area (Å²) < 4.78 is 0. The van der Waals surface area contributed by atoms with E-state index in [1.165, 1.54) is 63.6 Å². The van der Waals surface area contributed by atoms with Gasteiger partial charge in [0.25, 0.3) is 0 Å². The molecule has 1 aliphatic carbocycles. The van der Waals surface area contributed by atoms with E-state index in [1.807, 2.05) is 0 Å². The third-order valence-corrected chi connectivity index (χ3v) is 5.47. The first-order chi connectivity index (χ1) is 9.30. The van der Waals surface area contributed by atoms with Crippen LogP contribution in [0.1, 0.15) is 62.0 Å². The molecule has 1 spiro atoms. The Morgan fingerprint density at radius 2 is 1.63 bits per heavy atom. The van der Waals surface area contributed by atoms with Crippen LogP contribution in [-0.4, -0.2) is 13.1 Å². The highest BCUT2D eigenvalue weighted by Gasteiger charge is 2.41. The van der Waals surface area contributed by atoms with Gasteiger partial charge in [0.1, 0.15) is 0 Å². The van der Waals surface area contributed by atoms with Crippen LogP contribution in [-0.2, 0) is 0 Å². The van der Waals surface area contributed by atoms with E-state index in [0.29, 0.717) is 5.41 Å². The first kappa shape index (κ1) is 13.2. The zero-order chi connectivity index (χ0) is 13.1. The fraction of sp³-hybridized carbons (Fsp3) is 0.667. The molecule has 3 rings (SSSR count). The molecule has 0 aromatic heterocycles. The maximum Gasteiger partial charge on any atom is 0.00255 e. The normalized spacial score (nSPS) is 27.1. The largest absolute Gasteiger partial charge is 0.316 e. The highest BCUT2D eigenvalue weighted by molar-refractivity contribution is 5.27. The lowest BCUT2D eigenvalue weighted by Gasteiger charge is -2.45. The van der Waals surface area contributed by atoms with E-state index in [1.54, 1.807) is 5.56 Å². The van der Waals surface area contributed by atoms with Gasteiger partial charge < -0.3 is 5.32 Å². The summed E-state index contributed by atoms with van der Waals surface area (Å²) in [4.78, 5) is 0. The van der Waals surface area contributed by atoms with Gasteiger partial charge in [0.15, 0.2) is 0 Å². The molecule has 1 saturated carbocycles. The predicted molar refractivity (Wildman–Crippen MR) is 81.5 cm³/mol. The van der Waals surface area contributed by atoms with Crippen molar-refractivity contribution in [3.05, 3.63) is 35.4 Å². The van der Waals surface area contributed by atoms with Gasteiger partial charge in [-0.1, -0.05) is 55.5 Å². The summed E-state index contributed by atoms with van der Waals surface area (Å²) in [6, 6.07) is 9.32. The van der Waals surface area contributed by atoms with Crippen molar-refractivity contribution in [1.82, 2.24) is 5.32 Å². The Hall–Kier alpha value is -0.820. The lowest BCUT2D eigenvalue weighted by atomic mass is 9.64. The quantitative estimate of drug-likeness (QED) is 0.785. The van der Waals surface area contributed by atoms with Crippen LogP contribution in [0, 0.1) is 12.3 Å². The van der Waals surface area contributed by atoms with Crippen LogP contribution in [0.25, 0.3) is 0 Å². The molecular formula is C18H27N. The Kier molecular flexibility index (Phi) is 3.93. The summed E-state index contributed by atoms with van der Waals surface area (Å²) >= 11 is 0. The molecule has 1 heterocycles. The minimum Gasteiger partial charge on any atom is -0.316 e. The second kappa shape index (κ2) is 5.66. The molecule has 1 N–H and O–H groups in total. The number of hydrogen-bond acceptors (Lipinski definition) is 1. The predicted octanol–water partition coefficient (Wildman–Crippen LogP) is 4.41. The van der Waals surface area contributed by atoms with Crippen LogP contribution in [0.3, 0.4) is 0 Å². The maximum absolute atomic E-state index is 3.64. The molecule has 1 heteroatoms. The van der Waals surface area contributed by atoms with Gasteiger partial charge >= 0.3 is 0 Å². The standard InChI is InChI=1S/C18H27N/c1-15-6-8-16(9-7-15)17-14-19-13-12-18(17)10-4-2-3-5-11-18/h6-9,17,19H,2-5,10-14H2,1H3. The minimum absolute atomic E-state index is 0.594. The number of benzene rings is 1. The highest BCUT2D eigenvalue weighted by Crippen LogP contribution is 2.49. The molecule has 1 atom stereocenters. The SMILES string of the molecule is Cc1ccc(C2CNCCC23CCCCCC3)cc1.